The van der Waals surface area contributed by atoms with Crippen LogP contribution in [0.3, 0.4) is 0 Å². The summed E-state index contributed by atoms with van der Waals surface area (Å²) in [4.78, 5) is 4.33. The minimum absolute atomic E-state index is 0.641. The number of rotatable bonds is 3. The highest BCUT2D eigenvalue weighted by atomic mass is 79.9. The molecule has 1 aromatic carbocycles. The summed E-state index contributed by atoms with van der Waals surface area (Å²) in [7, 11) is 0. The average molecular weight is 281 g/mol. The lowest BCUT2D eigenvalue weighted by Crippen LogP contribution is -1.96. The SMILES string of the molecule is CCn1cc(C)nc1Oc1ccc(Br)cc1. The van der Waals surface area contributed by atoms with Gasteiger partial charge >= 0.3 is 6.01 Å². The molecule has 0 N–H and O–H groups in total. The molecular formula is C12H13BrN2O. The fourth-order valence-electron chi connectivity index (χ4n) is 1.44. The van der Waals surface area contributed by atoms with Gasteiger partial charge in [-0.25, -0.2) is 4.98 Å². The van der Waals surface area contributed by atoms with Gasteiger partial charge in [-0.2, -0.15) is 0 Å². The molecule has 1 aromatic heterocycles. The minimum atomic E-state index is 0.641. The molecule has 0 aliphatic rings. The van der Waals surface area contributed by atoms with Crippen LogP contribution in [0.2, 0.25) is 0 Å². The predicted molar refractivity (Wildman–Crippen MR) is 66.9 cm³/mol. The molecule has 2 aromatic rings. The van der Waals surface area contributed by atoms with Crippen molar-refractivity contribution in [1.29, 1.82) is 0 Å². The van der Waals surface area contributed by atoms with Gasteiger partial charge in [0.1, 0.15) is 5.75 Å². The quantitative estimate of drug-likeness (QED) is 0.856. The van der Waals surface area contributed by atoms with Crippen molar-refractivity contribution >= 4 is 15.9 Å². The molecule has 0 saturated carbocycles. The van der Waals surface area contributed by atoms with Crippen LogP contribution in [0.25, 0.3) is 0 Å². The third-order valence-electron chi connectivity index (χ3n) is 2.22. The van der Waals surface area contributed by atoms with Gasteiger partial charge in [-0.15, -0.1) is 0 Å². The summed E-state index contributed by atoms with van der Waals surface area (Å²) in [6, 6.07) is 8.35. The first-order valence-electron chi connectivity index (χ1n) is 5.16. The maximum Gasteiger partial charge on any atom is 0.302 e. The van der Waals surface area contributed by atoms with E-state index in [9.17, 15) is 0 Å². The first-order chi connectivity index (χ1) is 7.69. The topological polar surface area (TPSA) is 27.1 Å². The Balaban J connectivity index is 2.22. The van der Waals surface area contributed by atoms with E-state index in [0.29, 0.717) is 6.01 Å². The van der Waals surface area contributed by atoms with E-state index in [1.165, 1.54) is 0 Å². The van der Waals surface area contributed by atoms with Crippen LogP contribution in [0, 0.1) is 6.92 Å². The Hall–Kier alpha value is -1.29. The predicted octanol–water partition coefficient (Wildman–Crippen LogP) is 3.77. The van der Waals surface area contributed by atoms with Crippen molar-refractivity contribution in [3.8, 4) is 11.8 Å². The van der Waals surface area contributed by atoms with Crippen molar-refractivity contribution in [3.63, 3.8) is 0 Å². The molecular weight excluding hydrogens is 268 g/mol. The van der Waals surface area contributed by atoms with Crippen molar-refractivity contribution in [2.24, 2.45) is 0 Å². The molecule has 0 bridgehead atoms. The van der Waals surface area contributed by atoms with Crippen molar-refractivity contribution in [3.05, 3.63) is 40.6 Å². The maximum atomic E-state index is 5.71. The highest BCUT2D eigenvalue weighted by molar-refractivity contribution is 9.10. The van der Waals surface area contributed by atoms with Crippen LogP contribution in [-0.4, -0.2) is 9.55 Å². The zero-order valence-corrected chi connectivity index (χ0v) is 10.9. The number of aromatic nitrogens is 2. The van der Waals surface area contributed by atoms with Crippen molar-refractivity contribution in [2.45, 2.75) is 20.4 Å². The van der Waals surface area contributed by atoms with Gasteiger partial charge in [0.05, 0.1) is 5.69 Å². The molecule has 0 radical (unpaired) electrons. The van der Waals surface area contributed by atoms with Gasteiger partial charge in [0, 0.05) is 17.2 Å². The van der Waals surface area contributed by atoms with E-state index in [4.69, 9.17) is 4.74 Å². The summed E-state index contributed by atoms with van der Waals surface area (Å²) in [5.74, 6) is 0.795. The lowest BCUT2D eigenvalue weighted by molar-refractivity contribution is 0.415. The standard InChI is InChI=1S/C12H13BrN2O/c1-3-15-8-9(2)14-12(15)16-11-6-4-10(13)5-7-11/h4-8H,3H2,1-2H3. The van der Waals surface area contributed by atoms with Gasteiger partial charge in [0.15, 0.2) is 0 Å². The number of ether oxygens (including phenoxy) is 1. The Labute approximate surface area is 103 Å². The van der Waals surface area contributed by atoms with Crippen LogP contribution in [0.15, 0.2) is 34.9 Å². The summed E-state index contributed by atoms with van der Waals surface area (Å²) in [5, 5.41) is 0. The lowest BCUT2D eigenvalue weighted by atomic mass is 10.3. The normalized spacial score (nSPS) is 10.4. The Morgan fingerprint density at radius 3 is 2.62 bits per heavy atom. The van der Waals surface area contributed by atoms with E-state index in [2.05, 4.69) is 27.8 Å². The number of halogens is 1. The van der Waals surface area contributed by atoms with Crippen molar-refractivity contribution < 1.29 is 4.74 Å². The van der Waals surface area contributed by atoms with Gasteiger partial charge < -0.3 is 9.30 Å². The molecule has 0 fully saturated rings. The van der Waals surface area contributed by atoms with Crippen LogP contribution in [0.1, 0.15) is 12.6 Å². The molecule has 84 valence electrons. The molecule has 0 aliphatic heterocycles. The summed E-state index contributed by atoms with van der Waals surface area (Å²) >= 11 is 3.39. The lowest BCUT2D eigenvalue weighted by Gasteiger charge is -2.06. The Morgan fingerprint density at radius 2 is 2.00 bits per heavy atom. The van der Waals surface area contributed by atoms with Crippen molar-refractivity contribution in [2.75, 3.05) is 0 Å². The molecule has 1 heterocycles. The molecule has 0 spiro atoms. The third kappa shape index (κ3) is 2.44. The molecule has 0 unspecified atom stereocenters. The van der Waals surface area contributed by atoms with Crippen LogP contribution in [-0.2, 0) is 6.54 Å². The molecule has 16 heavy (non-hydrogen) atoms. The highest BCUT2D eigenvalue weighted by Gasteiger charge is 2.06. The van der Waals surface area contributed by atoms with Gasteiger partial charge in [0.2, 0.25) is 0 Å². The van der Waals surface area contributed by atoms with Gasteiger partial charge in [0.25, 0.3) is 0 Å². The number of nitrogens with zero attached hydrogens (tertiary/aromatic N) is 2. The molecule has 0 amide bonds. The average Bonchev–Trinajstić information content (AvgIpc) is 2.62. The Kier molecular flexibility index (Phi) is 3.29. The van der Waals surface area contributed by atoms with Gasteiger partial charge in [-0.1, -0.05) is 15.9 Å². The van der Waals surface area contributed by atoms with E-state index < -0.39 is 0 Å². The number of hydrogen-bond acceptors (Lipinski definition) is 2. The molecule has 0 atom stereocenters. The van der Waals surface area contributed by atoms with Crippen LogP contribution >= 0.6 is 15.9 Å². The minimum Gasteiger partial charge on any atom is -0.426 e. The summed E-state index contributed by atoms with van der Waals surface area (Å²) in [6.07, 6.45) is 1.98. The van der Waals surface area contributed by atoms with E-state index in [0.717, 1.165) is 22.5 Å². The number of hydrogen-bond donors (Lipinski definition) is 0. The highest BCUT2D eigenvalue weighted by Crippen LogP contribution is 2.22. The van der Waals surface area contributed by atoms with E-state index in [1.807, 2.05) is 42.0 Å². The fraction of sp³-hybridized carbons (Fsp3) is 0.250. The second kappa shape index (κ2) is 4.70. The first-order valence-corrected chi connectivity index (χ1v) is 5.95. The largest absolute Gasteiger partial charge is 0.426 e. The molecule has 2 rings (SSSR count). The Bertz CT molecular complexity index is 476. The molecule has 0 aliphatic carbocycles. The molecule has 3 nitrogen and oxygen atoms in total. The maximum absolute atomic E-state index is 5.71. The van der Waals surface area contributed by atoms with Crippen LogP contribution in [0.4, 0.5) is 0 Å². The Morgan fingerprint density at radius 1 is 1.31 bits per heavy atom. The fourth-order valence-corrected chi connectivity index (χ4v) is 1.71. The van der Waals surface area contributed by atoms with Crippen LogP contribution in [0.5, 0.6) is 11.8 Å². The first kappa shape index (κ1) is 11.2. The number of aryl methyl sites for hydroxylation is 2. The van der Waals surface area contributed by atoms with Crippen molar-refractivity contribution in [1.82, 2.24) is 9.55 Å². The number of imidazole rings is 1. The summed E-state index contributed by atoms with van der Waals surface area (Å²) < 4.78 is 8.73. The summed E-state index contributed by atoms with van der Waals surface area (Å²) in [6.45, 7) is 4.88. The monoisotopic (exact) mass is 280 g/mol. The zero-order valence-electron chi connectivity index (χ0n) is 9.27. The summed E-state index contributed by atoms with van der Waals surface area (Å²) in [5.41, 5.74) is 0.967. The third-order valence-corrected chi connectivity index (χ3v) is 2.75. The van der Waals surface area contributed by atoms with Crippen LogP contribution < -0.4 is 4.74 Å². The van der Waals surface area contributed by atoms with E-state index >= 15 is 0 Å². The second-order valence-corrected chi connectivity index (χ2v) is 4.42. The number of benzene rings is 1. The molecule has 0 saturated heterocycles. The molecule has 4 heteroatoms. The van der Waals surface area contributed by atoms with E-state index in [-0.39, 0.29) is 0 Å². The van der Waals surface area contributed by atoms with E-state index in [1.54, 1.807) is 0 Å². The van der Waals surface area contributed by atoms with Gasteiger partial charge in [-0.3, -0.25) is 0 Å². The zero-order chi connectivity index (χ0) is 11.5. The second-order valence-electron chi connectivity index (χ2n) is 3.51. The van der Waals surface area contributed by atoms with Gasteiger partial charge in [-0.05, 0) is 38.1 Å². The smallest absolute Gasteiger partial charge is 0.302 e.